The first-order valence-electron chi connectivity index (χ1n) is 8.07. The van der Waals surface area contributed by atoms with Crippen LogP contribution in [0.2, 0.25) is 0 Å². The molecule has 1 rings (SSSR count). The van der Waals surface area contributed by atoms with E-state index in [9.17, 15) is 0 Å². The molecule has 116 valence electrons. The zero-order valence-electron chi connectivity index (χ0n) is 12.8. The highest BCUT2D eigenvalue weighted by Gasteiger charge is 1.97. The lowest BCUT2D eigenvalue weighted by molar-refractivity contribution is -0.697. The number of nitrogens with two attached hydrogens (primary N) is 1. The molecule has 3 heteroatoms. The van der Waals surface area contributed by atoms with Gasteiger partial charge < -0.3 is 22.7 Å². The maximum Gasteiger partial charge on any atom is 0.168 e. The summed E-state index contributed by atoms with van der Waals surface area (Å²) in [6.07, 6.45) is 17.9. The fourth-order valence-corrected chi connectivity index (χ4v) is 2.44. The molecule has 0 atom stereocenters. The molecule has 0 saturated carbocycles. The monoisotopic (exact) mass is 342 g/mol. The second-order valence-electron chi connectivity index (χ2n) is 5.44. The van der Waals surface area contributed by atoms with Crippen LogP contribution in [-0.4, -0.2) is 6.54 Å². The minimum absolute atomic E-state index is 0. The molecule has 0 radical (unpaired) electrons. The Balaban J connectivity index is 0.00000361. The van der Waals surface area contributed by atoms with Gasteiger partial charge in [0.2, 0.25) is 0 Å². The first-order valence-corrected chi connectivity index (χ1v) is 8.07. The summed E-state index contributed by atoms with van der Waals surface area (Å²) < 4.78 is 2.28. The van der Waals surface area contributed by atoms with Crippen LogP contribution in [0.3, 0.4) is 0 Å². The van der Waals surface area contributed by atoms with E-state index in [2.05, 4.69) is 35.2 Å². The molecule has 1 aromatic rings. The predicted molar refractivity (Wildman–Crippen MR) is 81.9 cm³/mol. The Morgan fingerprint density at radius 1 is 0.600 bits per heavy atom. The predicted octanol–water partition coefficient (Wildman–Crippen LogP) is 0.838. The Bertz CT molecular complexity index is 290. The van der Waals surface area contributed by atoms with E-state index >= 15 is 0 Å². The Morgan fingerprint density at radius 2 is 1.05 bits per heavy atom. The number of aromatic nitrogens is 1. The van der Waals surface area contributed by atoms with E-state index < -0.39 is 0 Å². The average Bonchev–Trinajstić information content (AvgIpc) is 2.46. The van der Waals surface area contributed by atoms with Crippen molar-refractivity contribution in [2.75, 3.05) is 6.54 Å². The van der Waals surface area contributed by atoms with E-state index in [1.165, 1.54) is 70.8 Å². The quantitative estimate of drug-likeness (QED) is 0.442. The van der Waals surface area contributed by atoms with E-state index in [1.54, 1.807) is 0 Å². The van der Waals surface area contributed by atoms with E-state index in [0.29, 0.717) is 0 Å². The largest absolute Gasteiger partial charge is 1.00 e. The van der Waals surface area contributed by atoms with Gasteiger partial charge >= 0.3 is 0 Å². The van der Waals surface area contributed by atoms with E-state index in [-0.39, 0.29) is 17.0 Å². The van der Waals surface area contributed by atoms with Crippen LogP contribution >= 0.6 is 0 Å². The zero-order valence-corrected chi connectivity index (χ0v) is 14.4. The minimum Gasteiger partial charge on any atom is -1.00 e. The van der Waals surface area contributed by atoms with Crippen LogP contribution in [0.4, 0.5) is 0 Å². The Kier molecular flexibility index (Phi) is 14.7. The van der Waals surface area contributed by atoms with Gasteiger partial charge in [-0.3, -0.25) is 0 Å². The summed E-state index contributed by atoms with van der Waals surface area (Å²) in [6.45, 7) is 2.03. The van der Waals surface area contributed by atoms with Gasteiger partial charge in [-0.05, 0) is 19.4 Å². The Morgan fingerprint density at radius 3 is 1.55 bits per heavy atom. The van der Waals surface area contributed by atoms with Crippen molar-refractivity contribution >= 4 is 0 Å². The number of hydrogen-bond donors (Lipinski definition) is 1. The van der Waals surface area contributed by atoms with Crippen LogP contribution in [-0.2, 0) is 6.54 Å². The van der Waals surface area contributed by atoms with Gasteiger partial charge in [0, 0.05) is 18.6 Å². The lowest BCUT2D eigenvalue weighted by Crippen LogP contribution is -3.00. The molecule has 2 N–H and O–H groups in total. The molecule has 0 aromatic carbocycles. The standard InChI is InChI=1S/C17H31N2.BrH/c18-14-10-7-5-3-1-2-4-6-8-11-15-19-16-12-9-13-17-19;/h9,12-13,16-17H,1-8,10-11,14-15,18H2;1H/q+1;/p-1. The smallest absolute Gasteiger partial charge is 0.168 e. The molecule has 0 amide bonds. The second-order valence-corrected chi connectivity index (χ2v) is 5.44. The average molecular weight is 343 g/mol. The van der Waals surface area contributed by atoms with Crippen molar-refractivity contribution in [2.24, 2.45) is 5.73 Å². The molecule has 1 heterocycles. The summed E-state index contributed by atoms with van der Waals surface area (Å²) in [5.41, 5.74) is 5.48. The number of nitrogens with zero attached hydrogens (tertiary/aromatic N) is 1. The number of pyridine rings is 1. The maximum absolute atomic E-state index is 5.48. The van der Waals surface area contributed by atoms with Gasteiger partial charge in [0.05, 0.1) is 0 Å². The summed E-state index contributed by atoms with van der Waals surface area (Å²) in [6, 6.07) is 6.28. The minimum atomic E-state index is 0. The lowest BCUT2D eigenvalue weighted by atomic mass is 10.1. The molecule has 20 heavy (non-hydrogen) atoms. The molecule has 0 spiro atoms. The molecule has 0 bridgehead atoms. The number of unbranched alkanes of at least 4 members (excludes halogenated alkanes) is 9. The third kappa shape index (κ3) is 11.4. The third-order valence-electron chi connectivity index (χ3n) is 3.65. The second kappa shape index (κ2) is 15.0. The van der Waals surface area contributed by atoms with Crippen molar-refractivity contribution in [3.05, 3.63) is 30.6 Å². The van der Waals surface area contributed by atoms with Crippen LogP contribution in [0.15, 0.2) is 30.6 Å². The Hall–Kier alpha value is -0.410. The van der Waals surface area contributed by atoms with Gasteiger partial charge in [-0.15, -0.1) is 0 Å². The Labute approximate surface area is 135 Å². The third-order valence-corrected chi connectivity index (χ3v) is 3.65. The summed E-state index contributed by atoms with van der Waals surface area (Å²) in [4.78, 5) is 0. The molecule has 0 saturated heterocycles. The van der Waals surface area contributed by atoms with E-state index in [4.69, 9.17) is 5.73 Å². The van der Waals surface area contributed by atoms with Gasteiger partial charge in [-0.2, -0.15) is 0 Å². The first kappa shape index (κ1) is 19.6. The zero-order chi connectivity index (χ0) is 13.6. The number of rotatable bonds is 12. The fourth-order valence-electron chi connectivity index (χ4n) is 2.44. The molecule has 0 fully saturated rings. The van der Waals surface area contributed by atoms with Crippen LogP contribution in [0.25, 0.3) is 0 Å². The van der Waals surface area contributed by atoms with Crippen molar-refractivity contribution in [1.29, 1.82) is 0 Å². The van der Waals surface area contributed by atoms with Gasteiger partial charge in [0.1, 0.15) is 6.54 Å². The van der Waals surface area contributed by atoms with Crippen LogP contribution in [0, 0.1) is 0 Å². The molecule has 2 nitrogen and oxygen atoms in total. The summed E-state index contributed by atoms with van der Waals surface area (Å²) in [7, 11) is 0. The number of hydrogen-bond acceptors (Lipinski definition) is 1. The first-order chi connectivity index (χ1) is 9.43. The van der Waals surface area contributed by atoms with Gasteiger partial charge in [0.15, 0.2) is 12.4 Å². The van der Waals surface area contributed by atoms with E-state index in [0.717, 1.165) is 6.54 Å². The normalized spacial score (nSPS) is 10.2. The van der Waals surface area contributed by atoms with Crippen molar-refractivity contribution < 1.29 is 21.5 Å². The SMILES string of the molecule is NCCCCCCCCCCCC[n+]1ccccc1.[Br-]. The lowest BCUT2D eigenvalue weighted by Gasteiger charge is -2.01. The van der Waals surface area contributed by atoms with Gasteiger partial charge in [-0.1, -0.05) is 51.0 Å². The summed E-state index contributed by atoms with van der Waals surface area (Å²) in [5, 5.41) is 0. The maximum atomic E-state index is 5.48. The molecular formula is C17H31BrN2. The van der Waals surface area contributed by atoms with Crippen molar-refractivity contribution in [1.82, 2.24) is 0 Å². The highest BCUT2D eigenvalue weighted by atomic mass is 79.9. The highest BCUT2D eigenvalue weighted by Crippen LogP contribution is 2.10. The van der Waals surface area contributed by atoms with Crippen LogP contribution < -0.4 is 27.3 Å². The van der Waals surface area contributed by atoms with Gasteiger partial charge in [-0.25, -0.2) is 4.57 Å². The molecular weight excluding hydrogens is 312 g/mol. The van der Waals surface area contributed by atoms with Crippen molar-refractivity contribution in [3.8, 4) is 0 Å². The fraction of sp³-hybridized carbons (Fsp3) is 0.706. The topological polar surface area (TPSA) is 29.9 Å². The summed E-state index contributed by atoms with van der Waals surface area (Å²) >= 11 is 0. The molecule has 0 aliphatic heterocycles. The van der Waals surface area contributed by atoms with E-state index in [1.807, 2.05) is 0 Å². The molecule has 0 aliphatic rings. The summed E-state index contributed by atoms with van der Waals surface area (Å²) in [5.74, 6) is 0. The molecule has 0 aliphatic carbocycles. The van der Waals surface area contributed by atoms with Crippen molar-refractivity contribution in [2.45, 2.75) is 70.8 Å². The van der Waals surface area contributed by atoms with Gasteiger partial charge in [0.25, 0.3) is 0 Å². The van der Waals surface area contributed by atoms with Crippen LogP contribution in [0.5, 0.6) is 0 Å². The van der Waals surface area contributed by atoms with Crippen molar-refractivity contribution in [3.63, 3.8) is 0 Å². The van der Waals surface area contributed by atoms with Crippen LogP contribution in [0.1, 0.15) is 64.2 Å². The molecule has 1 aromatic heterocycles. The molecule has 0 unspecified atom stereocenters. The number of aryl methyl sites for hydroxylation is 1. The number of halogens is 1. The highest BCUT2D eigenvalue weighted by molar-refractivity contribution is 4.83.